The van der Waals surface area contributed by atoms with Gasteiger partial charge in [0, 0.05) is 15.2 Å². The molecule has 0 fully saturated rings. The zero-order valence-electron chi connectivity index (χ0n) is 5.32. The lowest BCUT2D eigenvalue weighted by Gasteiger charge is -1.95. The molecule has 0 amide bonds. The van der Waals surface area contributed by atoms with Crippen LogP contribution in [0.2, 0.25) is 0 Å². The highest BCUT2D eigenvalue weighted by Gasteiger charge is 2.16. The first-order chi connectivity index (χ1) is 5.08. The summed E-state index contributed by atoms with van der Waals surface area (Å²) in [7, 11) is -3.47. The highest BCUT2D eigenvalue weighted by molar-refractivity contribution is 9.10. The van der Waals surface area contributed by atoms with Gasteiger partial charge in [0.1, 0.15) is 5.94 Å². The molecular formula is C5H5BrO3S2. The number of thiophene rings is 1. The van der Waals surface area contributed by atoms with E-state index in [9.17, 15) is 8.42 Å². The molecule has 0 bridgehead atoms. The van der Waals surface area contributed by atoms with Crippen LogP contribution in [0, 0.1) is 0 Å². The Balaban J connectivity index is 3.22. The fraction of sp³-hybridized carbons (Fsp3) is 0.200. The molecule has 6 heteroatoms. The zero-order valence-corrected chi connectivity index (χ0v) is 8.54. The minimum Gasteiger partial charge on any atom is -0.380 e. The van der Waals surface area contributed by atoms with Crippen LogP contribution < -0.4 is 0 Å². The molecule has 1 N–H and O–H groups in total. The summed E-state index contributed by atoms with van der Waals surface area (Å²) < 4.78 is 22.5. The van der Waals surface area contributed by atoms with Gasteiger partial charge in [-0.05, 0) is 15.9 Å². The Morgan fingerprint density at radius 1 is 1.55 bits per heavy atom. The van der Waals surface area contributed by atoms with Gasteiger partial charge in [0.05, 0.1) is 4.90 Å². The van der Waals surface area contributed by atoms with Gasteiger partial charge in [-0.3, -0.25) is 0 Å². The zero-order chi connectivity index (χ0) is 8.48. The summed E-state index contributed by atoms with van der Waals surface area (Å²) in [6.45, 7) is 0. The van der Waals surface area contributed by atoms with Crippen LogP contribution in [0.5, 0.6) is 0 Å². The van der Waals surface area contributed by atoms with Gasteiger partial charge in [-0.1, -0.05) is 0 Å². The third-order valence-corrected chi connectivity index (χ3v) is 4.55. The first kappa shape index (κ1) is 9.18. The van der Waals surface area contributed by atoms with Gasteiger partial charge in [0.25, 0.3) is 0 Å². The quantitative estimate of drug-likeness (QED) is 0.867. The molecule has 1 aromatic rings. The lowest BCUT2D eigenvalue weighted by molar-refractivity contribution is 0.358. The number of hydrogen-bond acceptors (Lipinski definition) is 4. The Labute approximate surface area is 76.7 Å². The normalized spacial score (nSPS) is 11.8. The number of sulfone groups is 1. The molecule has 0 atom stereocenters. The first-order valence-corrected chi connectivity index (χ1v) is 6.02. The molecule has 0 unspecified atom stereocenters. The van der Waals surface area contributed by atoms with Gasteiger partial charge in [0.15, 0.2) is 0 Å². The van der Waals surface area contributed by atoms with Crippen molar-refractivity contribution in [2.24, 2.45) is 0 Å². The Bertz CT molecular complexity index is 340. The summed E-state index contributed by atoms with van der Waals surface area (Å²) >= 11 is 4.33. The fourth-order valence-electron chi connectivity index (χ4n) is 0.561. The van der Waals surface area contributed by atoms with Crippen LogP contribution in [0.25, 0.3) is 0 Å². The second-order valence-corrected chi connectivity index (χ2v) is 5.35. The maximum absolute atomic E-state index is 11.0. The molecule has 1 aromatic heterocycles. The number of aliphatic hydroxyl groups is 1. The minimum atomic E-state index is -3.47. The molecule has 0 radical (unpaired) electrons. The van der Waals surface area contributed by atoms with Crippen LogP contribution >= 0.6 is 27.3 Å². The largest absolute Gasteiger partial charge is 0.380 e. The molecule has 0 aliphatic rings. The molecule has 0 aliphatic carbocycles. The van der Waals surface area contributed by atoms with Gasteiger partial charge in [-0.2, -0.15) is 0 Å². The van der Waals surface area contributed by atoms with E-state index in [0.717, 1.165) is 0 Å². The molecule has 62 valence electrons. The highest BCUT2D eigenvalue weighted by Crippen LogP contribution is 2.26. The van der Waals surface area contributed by atoms with Crippen LogP contribution in [-0.4, -0.2) is 19.5 Å². The van der Waals surface area contributed by atoms with Gasteiger partial charge in [-0.15, -0.1) is 11.3 Å². The van der Waals surface area contributed by atoms with E-state index in [1.165, 1.54) is 16.7 Å². The Hall–Kier alpha value is 0.0900. The molecule has 3 nitrogen and oxygen atoms in total. The second kappa shape index (κ2) is 3.22. The predicted molar refractivity (Wildman–Crippen MR) is 46.3 cm³/mol. The van der Waals surface area contributed by atoms with Crippen molar-refractivity contribution in [3.8, 4) is 0 Å². The minimum absolute atomic E-state index is 0.157. The Kier molecular flexibility index (Phi) is 2.69. The number of rotatable bonds is 2. The number of aliphatic hydroxyl groups excluding tert-OH is 1. The third-order valence-electron chi connectivity index (χ3n) is 1.09. The van der Waals surface area contributed by atoms with Crippen LogP contribution in [0.1, 0.15) is 0 Å². The van der Waals surface area contributed by atoms with Crippen molar-refractivity contribution in [3.05, 3.63) is 15.2 Å². The van der Waals surface area contributed by atoms with Gasteiger partial charge in [0.2, 0.25) is 9.84 Å². The van der Waals surface area contributed by atoms with Crippen LogP contribution in [0.15, 0.2) is 20.1 Å². The first-order valence-electron chi connectivity index (χ1n) is 2.63. The number of hydrogen-bond donors (Lipinski definition) is 1. The van der Waals surface area contributed by atoms with Crippen molar-refractivity contribution in [3.63, 3.8) is 0 Å². The van der Waals surface area contributed by atoms with E-state index in [1.54, 1.807) is 5.38 Å². The number of halogens is 1. The van der Waals surface area contributed by atoms with Crippen molar-refractivity contribution in [1.82, 2.24) is 0 Å². The third kappa shape index (κ3) is 1.81. The van der Waals surface area contributed by atoms with E-state index in [4.69, 9.17) is 5.11 Å². The van der Waals surface area contributed by atoms with E-state index < -0.39 is 15.8 Å². The van der Waals surface area contributed by atoms with E-state index in [0.29, 0.717) is 4.47 Å². The van der Waals surface area contributed by atoms with Crippen LogP contribution in [0.3, 0.4) is 0 Å². The summed E-state index contributed by atoms with van der Waals surface area (Å²) in [5.41, 5.74) is 0. The molecule has 0 aliphatic heterocycles. The summed E-state index contributed by atoms with van der Waals surface area (Å²) in [4.78, 5) is 0.157. The van der Waals surface area contributed by atoms with Gasteiger partial charge in [-0.25, -0.2) is 8.42 Å². The van der Waals surface area contributed by atoms with Crippen molar-refractivity contribution in [2.75, 3.05) is 5.94 Å². The average molecular weight is 257 g/mol. The van der Waals surface area contributed by atoms with Crippen molar-refractivity contribution in [2.45, 2.75) is 4.90 Å². The molecule has 1 rings (SSSR count). The topological polar surface area (TPSA) is 54.4 Å². The fourth-order valence-corrected chi connectivity index (χ4v) is 3.78. The maximum atomic E-state index is 11.0. The molecule has 0 saturated carbocycles. The molecule has 1 heterocycles. The highest BCUT2D eigenvalue weighted by atomic mass is 79.9. The van der Waals surface area contributed by atoms with Crippen molar-refractivity contribution in [1.29, 1.82) is 0 Å². The van der Waals surface area contributed by atoms with E-state index in [2.05, 4.69) is 15.9 Å². The van der Waals surface area contributed by atoms with Crippen LogP contribution in [0.4, 0.5) is 0 Å². The van der Waals surface area contributed by atoms with Crippen molar-refractivity contribution >= 4 is 37.1 Å². The Morgan fingerprint density at radius 3 is 2.55 bits per heavy atom. The molecular weight excluding hydrogens is 252 g/mol. The average Bonchev–Trinajstić information content (AvgIpc) is 2.36. The van der Waals surface area contributed by atoms with Crippen LogP contribution in [-0.2, 0) is 9.84 Å². The lowest BCUT2D eigenvalue weighted by atomic mass is 10.7. The predicted octanol–water partition coefficient (Wildman–Crippen LogP) is 1.23. The van der Waals surface area contributed by atoms with E-state index >= 15 is 0 Å². The molecule has 11 heavy (non-hydrogen) atoms. The molecule has 0 spiro atoms. The molecule has 0 aromatic carbocycles. The monoisotopic (exact) mass is 256 g/mol. The van der Waals surface area contributed by atoms with Gasteiger partial charge < -0.3 is 5.11 Å². The Morgan fingerprint density at radius 2 is 2.18 bits per heavy atom. The summed E-state index contributed by atoms with van der Waals surface area (Å²) in [5, 5.41) is 11.6. The smallest absolute Gasteiger partial charge is 0.203 e. The SMILES string of the molecule is O=S(=O)(CO)c1cscc1Br. The van der Waals surface area contributed by atoms with E-state index in [-0.39, 0.29) is 4.90 Å². The summed E-state index contributed by atoms with van der Waals surface area (Å²) in [6, 6.07) is 0. The summed E-state index contributed by atoms with van der Waals surface area (Å²) in [6.07, 6.45) is 0. The maximum Gasteiger partial charge on any atom is 0.203 e. The lowest BCUT2D eigenvalue weighted by Crippen LogP contribution is -2.04. The molecule has 0 saturated heterocycles. The van der Waals surface area contributed by atoms with E-state index in [1.807, 2.05) is 0 Å². The standard InChI is InChI=1S/C5H5BrO3S2/c6-4-1-10-2-5(4)11(8,9)3-7/h1-2,7H,3H2. The van der Waals surface area contributed by atoms with Gasteiger partial charge >= 0.3 is 0 Å². The summed E-state index contributed by atoms with van der Waals surface area (Å²) in [5.74, 6) is -0.845. The van der Waals surface area contributed by atoms with Crippen molar-refractivity contribution < 1.29 is 13.5 Å². The second-order valence-electron chi connectivity index (χ2n) is 1.83.